The second kappa shape index (κ2) is 9.74. The SMILES string of the molecule is COc1ccc(C(=O)NCCN2CCN(Cc3ccccc3Cl)CC2)cc1. The number of nitrogens with zero attached hydrogens (tertiary/aromatic N) is 2. The number of nitrogens with one attached hydrogen (secondary N) is 1. The summed E-state index contributed by atoms with van der Waals surface area (Å²) in [6, 6.07) is 15.2. The predicted molar refractivity (Wildman–Crippen MR) is 108 cm³/mol. The molecule has 2 aromatic rings. The van der Waals surface area contributed by atoms with Gasteiger partial charge in [0, 0.05) is 56.4 Å². The van der Waals surface area contributed by atoms with E-state index in [1.54, 1.807) is 31.4 Å². The van der Waals surface area contributed by atoms with Gasteiger partial charge in [0.1, 0.15) is 5.75 Å². The van der Waals surface area contributed by atoms with Crippen molar-refractivity contribution in [1.29, 1.82) is 0 Å². The van der Waals surface area contributed by atoms with Crippen molar-refractivity contribution in [2.24, 2.45) is 0 Å². The summed E-state index contributed by atoms with van der Waals surface area (Å²) < 4.78 is 5.11. The first-order valence-electron chi connectivity index (χ1n) is 9.26. The molecule has 0 bridgehead atoms. The van der Waals surface area contributed by atoms with E-state index in [9.17, 15) is 4.79 Å². The normalized spacial score (nSPS) is 15.5. The van der Waals surface area contributed by atoms with Crippen molar-refractivity contribution < 1.29 is 9.53 Å². The Hall–Kier alpha value is -2.08. The van der Waals surface area contributed by atoms with Crippen molar-refractivity contribution in [2.45, 2.75) is 6.54 Å². The van der Waals surface area contributed by atoms with Crippen LogP contribution < -0.4 is 10.1 Å². The van der Waals surface area contributed by atoms with Crippen LogP contribution in [0, 0.1) is 0 Å². The van der Waals surface area contributed by atoms with Crippen LogP contribution in [0.5, 0.6) is 5.75 Å². The van der Waals surface area contributed by atoms with Crippen LogP contribution in [0.25, 0.3) is 0 Å². The maximum Gasteiger partial charge on any atom is 0.251 e. The number of hydrogen-bond donors (Lipinski definition) is 1. The number of carbonyl (C=O) groups excluding carboxylic acids is 1. The second-order valence-electron chi connectivity index (χ2n) is 6.69. The van der Waals surface area contributed by atoms with Gasteiger partial charge in [-0.3, -0.25) is 14.6 Å². The highest BCUT2D eigenvalue weighted by molar-refractivity contribution is 6.31. The molecule has 1 heterocycles. The van der Waals surface area contributed by atoms with E-state index in [0.717, 1.165) is 50.0 Å². The third kappa shape index (κ3) is 5.70. The smallest absolute Gasteiger partial charge is 0.251 e. The fraction of sp³-hybridized carbons (Fsp3) is 0.381. The molecular formula is C21H26ClN3O2. The van der Waals surface area contributed by atoms with E-state index >= 15 is 0 Å². The van der Waals surface area contributed by atoms with Crippen molar-refractivity contribution >= 4 is 17.5 Å². The Morgan fingerprint density at radius 2 is 1.70 bits per heavy atom. The van der Waals surface area contributed by atoms with Gasteiger partial charge in [0.25, 0.3) is 5.91 Å². The quantitative estimate of drug-likeness (QED) is 0.793. The van der Waals surface area contributed by atoms with Gasteiger partial charge in [-0.25, -0.2) is 0 Å². The summed E-state index contributed by atoms with van der Waals surface area (Å²) in [4.78, 5) is 17.0. The molecule has 0 aromatic heterocycles. The van der Waals surface area contributed by atoms with Crippen molar-refractivity contribution in [3.8, 4) is 5.75 Å². The molecule has 2 aromatic carbocycles. The molecule has 1 N–H and O–H groups in total. The first-order chi connectivity index (χ1) is 13.2. The van der Waals surface area contributed by atoms with Crippen LogP contribution in [0.1, 0.15) is 15.9 Å². The molecule has 0 radical (unpaired) electrons. The van der Waals surface area contributed by atoms with Crippen molar-refractivity contribution in [1.82, 2.24) is 15.1 Å². The minimum atomic E-state index is -0.0463. The van der Waals surface area contributed by atoms with Crippen molar-refractivity contribution in [3.63, 3.8) is 0 Å². The largest absolute Gasteiger partial charge is 0.497 e. The standard InChI is InChI=1S/C21H26ClN3O2/c1-27-19-8-6-17(7-9-19)21(26)23-10-11-24-12-14-25(15-13-24)16-18-4-2-3-5-20(18)22/h2-9H,10-16H2,1H3,(H,23,26). The lowest BCUT2D eigenvalue weighted by Crippen LogP contribution is -2.48. The minimum absolute atomic E-state index is 0.0463. The number of hydrogen-bond acceptors (Lipinski definition) is 4. The molecule has 1 amide bonds. The Morgan fingerprint density at radius 3 is 2.37 bits per heavy atom. The molecule has 0 unspecified atom stereocenters. The lowest BCUT2D eigenvalue weighted by molar-refractivity contribution is 0.0934. The van der Waals surface area contributed by atoms with Crippen LogP contribution in [0.15, 0.2) is 48.5 Å². The van der Waals surface area contributed by atoms with Gasteiger partial charge in [-0.15, -0.1) is 0 Å². The van der Waals surface area contributed by atoms with Crippen LogP contribution in [-0.4, -0.2) is 62.1 Å². The summed E-state index contributed by atoms with van der Waals surface area (Å²) in [5.74, 6) is 0.705. The van der Waals surface area contributed by atoms with E-state index in [0.29, 0.717) is 12.1 Å². The van der Waals surface area contributed by atoms with E-state index in [1.165, 1.54) is 5.56 Å². The highest BCUT2D eigenvalue weighted by Gasteiger charge is 2.17. The average Bonchev–Trinajstić information content (AvgIpc) is 2.71. The Bertz CT molecular complexity index is 743. The van der Waals surface area contributed by atoms with Gasteiger partial charge in [-0.1, -0.05) is 29.8 Å². The monoisotopic (exact) mass is 387 g/mol. The maximum atomic E-state index is 12.2. The Balaban J connectivity index is 1.37. The molecule has 1 aliphatic rings. The predicted octanol–water partition coefficient (Wildman–Crippen LogP) is 2.90. The van der Waals surface area contributed by atoms with E-state index in [1.807, 2.05) is 18.2 Å². The number of methoxy groups -OCH3 is 1. The highest BCUT2D eigenvalue weighted by atomic mass is 35.5. The van der Waals surface area contributed by atoms with Crippen LogP contribution in [0.4, 0.5) is 0 Å². The molecule has 1 aliphatic heterocycles. The number of benzene rings is 2. The van der Waals surface area contributed by atoms with Crippen LogP contribution in [0.2, 0.25) is 5.02 Å². The van der Waals surface area contributed by atoms with E-state index in [2.05, 4.69) is 21.2 Å². The number of amides is 1. The molecule has 0 saturated carbocycles. The van der Waals surface area contributed by atoms with Gasteiger partial charge in [0.2, 0.25) is 0 Å². The number of ether oxygens (including phenoxy) is 1. The first-order valence-corrected chi connectivity index (χ1v) is 9.64. The van der Waals surface area contributed by atoms with E-state index < -0.39 is 0 Å². The number of carbonyl (C=O) groups is 1. The minimum Gasteiger partial charge on any atom is -0.497 e. The van der Waals surface area contributed by atoms with Gasteiger partial charge in [-0.05, 0) is 35.9 Å². The van der Waals surface area contributed by atoms with Crippen LogP contribution >= 0.6 is 11.6 Å². The third-order valence-electron chi connectivity index (χ3n) is 4.88. The fourth-order valence-corrected chi connectivity index (χ4v) is 3.41. The third-order valence-corrected chi connectivity index (χ3v) is 5.25. The topological polar surface area (TPSA) is 44.8 Å². The molecule has 3 rings (SSSR count). The molecule has 1 fully saturated rings. The van der Waals surface area contributed by atoms with Crippen molar-refractivity contribution in [3.05, 3.63) is 64.7 Å². The summed E-state index contributed by atoms with van der Waals surface area (Å²) in [5, 5.41) is 3.82. The molecular weight excluding hydrogens is 362 g/mol. The van der Waals surface area contributed by atoms with Gasteiger partial charge in [0.15, 0.2) is 0 Å². The number of halogens is 1. The molecule has 27 heavy (non-hydrogen) atoms. The first kappa shape index (κ1) is 19.7. The van der Waals surface area contributed by atoms with Gasteiger partial charge in [-0.2, -0.15) is 0 Å². The maximum absolute atomic E-state index is 12.2. The Morgan fingerprint density at radius 1 is 1.04 bits per heavy atom. The summed E-state index contributed by atoms with van der Waals surface area (Å²) in [6.45, 7) is 6.43. The Kier molecular flexibility index (Phi) is 7.10. The second-order valence-corrected chi connectivity index (χ2v) is 7.10. The molecule has 1 saturated heterocycles. The molecule has 144 valence electrons. The number of rotatable bonds is 7. The summed E-state index contributed by atoms with van der Waals surface area (Å²) in [6.07, 6.45) is 0. The molecule has 6 heteroatoms. The zero-order valence-electron chi connectivity index (χ0n) is 15.7. The summed E-state index contributed by atoms with van der Waals surface area (Å²) in [5.41, 5.74) is 1.83. The molecule has 0 aliphatic carbocycles. The zero-order valence-corrected chi connectivity index (χ0v) is 16.4. The highest BCUT2D eigenvalue weighted by Crippen LogP contribution is 2.17. The van der Waals surface area contributed by atoms with E-state index in [4.69, 9.17) is 16.3 Å². The van der Waals surface area contributed by atoms with Gasteiger partial charge in [0.05, 0.1) is 7.11 Å². The lowest BCUT2D eigenvalue weighted by Gasteiger charge is -2.34. The fourth-order valence-electron chi connectivity index (χ4n) is 3.21. The zero-order chi connectivity index (χ0) is 19.1. The lowest BCUT2D eigenvalue weighted by atomic mass is 10.2. The van der Waals surface area contributed by atoms with E-state index in [-0.39, 0.29) is 5.91 Å². The summed E-state index contributed by atoms with van der Waals surface area (Å²) >= 11 is 6.25. The molecule has 0 atom stereocenters. The molecule has 5 nitrogen and oxygen atoms in total. The van der Waals surface area contributed by atoms with Gasteiger partial charge < -0.3 is 10.1 Å². The van der Waals surface area contributed by atoms with Crippen molar-refractivity contribution in [2.75, 3.05) is 46.4 Å². The van der Waals surface area contributed by atoms with Crippen LogP contribution in [0.3, 0.4) is 0 Å². The van der Waals surface area contributed by atoms with Crippen LogP contribution in [-0.2, 0) is 6.54 Å². The Labute approximate surface area is 165 Å². The average molecular weight is 388 g/mol. The molecule has 0 spiro atoms. The van der Waals surface area contributed by atoms with Gasteiger partial charge >= 0.3 is 0 Å². The summed E-state index contributed by atoms with van der Waals surface area (Å²) in [7, 11) is 1.61. The number of piperazine rings is 1.